The molecule has 3 aromatic carbocycles. The number of nitrogens with zero attached hydrogens (tertiary/aromatic N) is 3. The highest BCUT2D eigenvalue weighted by molar-refractivity contribution is 8.18. The summed E-state index contributed by atoms with van der Waals surface area (Å²) >= 11 is 0.902. The van der Waals surface area contributed by atoms with E-state index in [4.69, 9.17) is 9.47 Å². The Morgan fingerprint density at radius 3 is 2.42 bits per heavy atom. The largest absolute Gasteiger partial charge is 0.493 e. The van der Waals surface area contributed by atoms with E-state index >= 15 is 0 Å². The van der Waals surface area contributed by atoms with Gasteiger partial charge in [0.2, 0.25) is 0 Å². The standard InChI is InChI=1S/C28H23N3O6S/c1-36-24-8-4-5-9-25(24)37-15-14-30-27(32)26(38-28(30)33)16-20-18-29(23-7-3-2-6-22(20)23)17-19-10-12-21(13-11-19)31(34)35/h2-13,16,18H,14-15,17H2,1H3/b26-16-. The summed E-state index contributed by atoms with van der Waals surface area (Å²) in [5, 5.41) is 11.5. The molecule has 1 fully saturated rings. The van der Waals surface area contributed by atoms with Gasteiger partial charge in [-0.2, -0.15) is 0 Å². The number of benzene rings is 3. The lowest BCUT2D eigenvalue weighted by atomic mass is 10.1. The molecule has 5 rings (SSSR count). The van der Waals surface area contributed by atoms with Crippen molar-refractivity contribution in [2.45, 2.75) is 6.54 Å². The monoisotopic (exact) mass is 529 g/mol. The number of methoxy groups -OCH3 is 1. The molecule has 0 aliphatic carbocycles. The van der Waals surface area contributed by atoms with Gasteiger partial charge in [-0.3, -0.25) is 24.6 Å². The topological polar surface area (TPSA) is 104 Å². The second kappa shape index (κ2) is 10.8. The molecule has 1 aliphatic rings. The normalized spacial score (nSPS) is 14.4. The molecule has 4 aromatic rings. The number of amides is 2. The fraction of sp³-hybridized carbons (Fsp3) is 0.143. The first-order valence-corrected chi connectivity index (χ1v) is 12.6. The van der Waals surface area contributed by atoms with Crippen molar-refractivity contribution >= 4 is 45.6 Å². The maximum absolute atomic E-state index is 13.1. The molecule has 0 atom stereocenters. The minimum atomic E-state index is -0.426. The number of imide groups is 1. The van der Waals surface area contributed by atoms with E-state index in [9.17, 15) is 19.7 Å². The van der Waals surface area contributed by atoms with E-state index in [1.54, 1.807) is 37.5 Å². The average molecular weight is 530 g/mol. The molecule has 10 heteroatoms. The van der Waals surface area contributed by atoms with Gasteiger partial charge in [-0.15, -0.1) is 0 Å². The molecule has 1 aromatic heterocycles. The Kier molecular flexibility index (Phi) is 7.14. The number of nitro benzene ring substituents is 1. The Morgan fingerprint density at radius 2 is 1.68 bits per heavy atom. The molecule has 192 valence electrons. The van der Waals surface area contributed by atoms with Crippen LogP contribution in [0.1, 0.15) is 11.1 Å². The number of carbonyl (C=O) groups excluding carboxylic acids is 2. The highest BCUT2D eigenvalue weighted by Crippen LogP contribution is 2.34. The number of thioether (sulfide) groups is 1. The first kappa shape index (κ1) is 25.1. The van der Waals surface area contributed by atoms with E-state index in [-0.39, 0.29) is 30.0 Å². The van der Waals surface area contributed by atoms with Crippen LogP contribution in [0.5, 0.6) is 11.5 Å². The summed E-state index contributed by atoms with van der Waals surface area (Å²) in [4.78, 5) is 37.8. The number of hydrogen-bond acceptors (Lipinski definition) is 7. The molecule has 38 heavy (non-hydrogen) atoms. The van der Waals surface area contributed by atoms with Crippen LogP contribution in [0, 0.1) is 10.1 Å². The number of hydrogen-bond donors (Lipinski definition) is 0. The zero-order valence-corrected chi connectivity index (χ0v) is 21.2. The van der Waals surface area contributed by atoms with Crippen LogP contribution in [0.2, 0.25) is 0 Å². The van der Waals surface area contributed by atoms with Crippen molar-refractivity contribution < 1.29 is 24.0 Å². The summed E-state index contributed by atoms with van der Waals surface area (Å²) in [5.74, 6) is 0.751. The van der Waals surface area contributed by atoms with Crippen LogP contribution < -0.4 is 9.47 Å². The number of para-hydroxylation sites is 3. The smallest absolute Gasteiger partial charge is 0.293 e. The molecule has 2 amide bonds. The first-order chi connectivity index (χ1) is 18.4. The van der Waals surface area contributed by atoms with Gasteiger partial charge in [0.25, 0.3) is 16.8 Å². The first-order valence-electron chi connectivity index (χ1n) is 11.8. The quantitative estimate of drug-likeness (QED) is 0.155. The maximum Gasteiger partial charge on any atom is 0.293 e. The second-order valence-electron chi connectivity index (χ2n) is 8.49. The zero-order valence-electron chi connectivity index (χ0n) is 20.4. The van der Waals surface area contributed by atoms with Gasteiger partial charge < -0.3 is 14.0 Å². The van der Waals surface area contributed by atoms with Gasteiger partial charge in [-0.05, 0) is 41.6 Å². The van der Waals surface area contributed by atoms with E-state index in [2.05, 4.69) is 0 Å². The van der Waals surface area contributed by atoms with E-state index in [1.165, 1.54) is 17.0 Å². The van der Waals surface area contributed by atoms with Crippen molar-refractivity contribution in [2.75, 3.05) is 20.3 Å². The molecule has 0 saturated carbocycles. The second-order valence-corrected chi connectivity index (χ2v) is 9.48. The molecule has 2 heterocycles. The van der Waals surface area contributed by atoms with Gasteiger partial charge in [-0.1, -0.05) is 42.5 Å². The Labute approximate surface area is 222 Å². The predicted molar refractivity (Wildman–Crippen MR) is 145 cm³/mol. The van der Waals surface area contributed by atoms with Crippen LogP contribution in [0.3, 0.4) is 0 Å². The highest BCUT2D eigenvalue weighted by atomic mass is 32.2. The third-order valence-electron chi connectivity index (χ3n) is 6.12. The number of aromatic nitrogens is 1. The van der Waals surface area contributed by atoms with Gasteiger partial charge in [0, 0.05) is 41.3 Å². The van der Waals surface area contributed by atoms with E-state index in [0.29, 0.717) is 22.9 Å². The number of fused-ring (bicyclic) bond motifs is 1. The minimum Gasteiger partial charge on any atom is -0.493 e. The van der Waals surface area contributed by atoms with Crippen molar-refractivity contribution in [1.29, 1.82) is 0 Å². The van der Waals surface area contributed by atoms with Gasteiger partial charge in [0.05, 0.1) is 23.5 Å². The Bertz CT molecular complexity index is 1560. The number of non-ortho nitro benzene ring substituents is 1. The number of rotatable bonds is 9. The molecule has 0 bridgehead atoms. The molecule has 0 unspecified atom stereocenters. The molecule has 0 radical (unpaired) electrons. The maximum atomic E-state index is 13.1. The minimum absolute atomic E-state index is 0.0378. The van der Waals surface area contributed by atoms with Crippen LogP contribution in [0.25, 0.3) is 17.0 Å². The van der Waals surface area contributed by atoms with Gasteiger partial charge in [0.15, 0.2) is 11.5 Å². The number of ether oxygens (including phenoxy) is 2. The third-order valence-corrected chi connectivity index (χ3v) is 7.03. The van der Waals surface area contributed by atoms with Crippen LogP contribution in [-0.4, -0.2) is 45.8 Å². The van der Waals surface area contributed by atoms with Gasteiger partial charge in [0.1, 0.15) is 6.61 Å². The van der Waals surface area contributed by atoms with Crippen molar-refractivity contribution in [2.24, 2.45) is 0 Å². The van der Waals surface area contributed by atoms with E-state index in [0.717, 1.165) is 33.8 Å². The van der Waals surface area contributed by atoms with Crippen molar-refractivity contribution in [3.8, 4) is 11.5 Å². The van der Waals surface area contributed by atoms with Gasteiger partial charge in [-0.25, -0.2) is 0 Å². The van der Waals surface area contributed by atoms with Gasteiger partial charge >= 0.3 is 0 Å². The van der Waals surface area contributed by atoms with Crippen molar-refractivity contribution in [3.05, 3.63) is 105 Å². The molecular weight excluding hydrogens is 506 g/mol. The Hall–Kier alpha value is -4.57. The molecule has 0 N–H and O–H groups in total. The fourth-order valence-electron chi connectivity index (χ4n) is 4.26. The van der Waals surface area contributed by atoms with Crippen LogP contribution in [0.15, 0.2) is 83.9 Å². The zero-order chi connectivity index (χ0) is 26.6. The summed E-state index contributed by atoms with van der Waals surface area (Å²) in [6.07, 6.45) is 3.66. The van der Waals surface area contributed by atoms with Crippen molar-refractivity contribution in [1.82, 2.24) is 9.47 Å². The number of carbonyl (C=O) groups is 2. The lowest BCUT2D eigenvalue weighted by Gasteiger charge is -2.14. The fourth-order valence-corrected chi connectivity index (χ4v) is 5.12. The molecular formula is C28H23N3O6S. The Balaban J connectivity index is 1.34. The van der Waals surface area contributed by atoms with Crippen LogP contribution in [0.4, 0.5) is 10.5 Å². The van der Waals surface area contributed by atoms with Crippen molar-refractivity contribution in [3.63, 3.8) is 0 Å². The lowest BCUT2D eigenvalue weighted by Crippen LogP contribution is -2.32. The summed E-state index contributed by atoms with van der Waals surface area (Å²) in [7, 11) is 1.55. The third kappa shape index (κ3) is 5.12. The number of nitro groups is 1. The van der Waals surface area contributed by atoms with Crippen LogP contribution >= 0.6 is 11.8 Å². The predicted octanol–water partition coefficient (Wildman–Crippen LogP) is 5.72. The SMILES string of the molecule is COc1ccccc1OCCN1C(=O)S/C(=C\c2cn(Cc3ccc([N+](=O)[O-])cc3)c3ccccc23)C1=O. The van der Waals surface area contributed by atoms with E-state index in [1.807, 2.05) is 47.2 Å². The lowest BCUT2D eigenvalue weighted by molar-refractivity contribution is -0.384. The highest BCUT2D eigenvalue weighted by Gasteiger charge is 2.35. The van der Waals surface area contributed by atoms with E-state index < -0.39 is 4.92 Å². The Morgan fingerprint density at radius 1 is 0.974 bits per heavy atom. The summed E-state index contributed by atoms with van der Waals surface area (Å²) in [6, 6.07) is 21.4. The summed E-state index contributed by atoms with van der Waals surface area (Å²) in [6.45, 7) is 0.746. The molecule has 9 nitrogen and oxygen atoms in total. The molecule has 0 spiro atoms. The summed E-state index contributed by atoms with van der Waals surface area (Å²) < 4.78 is 13.0. The molecule has 1 saturated heterocycles. The average Bonchev–Trinajstić information content (AvgIpc) is 3.40. The molecule has 1 aliphatic heterocycles. The summed E-state index contributed by atoms with van der Waals surface area (Å²) in [5.41, 5.74) is 2.69. The van der Waals surface area contributed by atoms with Crippen LogP contribution in [-0.2, 0) is 11.3 Å².